The van der Waals surface area contributed by atoms with Gasteiger partial charge in [-0.3, -0.25) is 9.78 Å². The Hall–Kier alpha value is -1.47. The Morgan fingerprint density at radius 3 is 2.95 bits per heavy atom. The van der Waals surface area contributed by atoms with Gasteiger partial charge in [-0.15, -0.1) is 11.3 Å². The van der Waals surface area contributed by atoms with Gasteiger partial charge in [-0.05, 0) is 34.5 Å². The normalized spacial score (nSPS) is 10.3. The Kier molecular flexibility index (Phi) is 4.49. The Bertz CT molecular complexity index is 600. The highest BCUT2D eigenvalue weighted by Gasteiger charge is 2.14. The smallest absolute Gasteiger partial charge is 0.271 e. The number of ether oxygens (including phenoxy) is 1. The van der Waals surface area contributed by atoms with Gasteiger partial charge in [-0.1, -0.05) is 0 Å². The summed E-state index contributed by atoms with van der Waals surface area (Å²) in [5.74, 6) is 0.474. The largest absolute Gasteiger partial charge is 0.495 e. The SMILES string of the molecule is COc1cncc(CNC(=O)c2nc(Br)sc2C)c1. The van der Waals surface area contributed by atoms with E-state index >= 15 is 0 Å². The fourth-order valence-electron chi connectivity index (χ4n) is 1.51. The van der Waals surface area contributed by atoms with Crippen LogP contribution in [0, 0.1) is 6.92 Å². The summed E-state index contributed by atoms with van der Waals surface area (Å²) in [5, 5.41) is 2.81. The van der Waals surface area contributed by atoms with Crippen LogP contribution < -0.4 is 10.1 Å². The second kappa shape index (κ2) is 6.12. The molecule has 7 heteroatoms. The minimum absolute atomic E-state index is 0.192. The van der Waals surface area contributed by atoms with Crippen LogP contribution in [-0.4, -0.2) is 23.0 Å². The Morgan fingerprint density at radius 1 is 1.53 bits per heavy atom. The molecular formula is C12H12BrN3O2S. The van der Waals surface area contributed by atoms with Gasteiger partial charge in [0, 0.05) is 17.6 Å². The lowest BCUT2D eigenvalue weighted by molar-refractivity contribution is 0.0946. The summed E-state index contributed by atoms with van der Waals surface area (Å²) < 4.78 is 5.78. The van der Waals surface area contributed by atoms with E-state index in [1.54, 1.807) is 19.5 Å². The number of methoxy groups -OCH3 is 1. The minimum Gasteiger partial charge on any atom is -0.495 e. The summed E-state index contributed by atoms with van der Waals surface area (Å²) >= 11 is 4.70. The van der Waals surface area contributed by atoms with Crippen molar-refractivity contribution in [1.82, 2.24) is 15.3 Å². The van der Waals surface area contributed by atoms with Crippen molar-refractivity contribution in [2.24, 2.45) is 0 Å². The molecule has 1 amide bonds. The van der Waals surface area contributed by atoms with Gasteiger partial charge in [0.2, 0.25) is 0 Å². The van der Waals surface area contributed by atoms with E-state index in [0.29, 0.717) is 21.9 Å². The molecule has 0 bridgehead atoms. The van der Waals surface area contributed by atoms with Crippen LogP contribution in [0.25, 0.3) is 0 Å². The average Bonchev–Trinajstić information content (AvgIpc) is 2.75. The number of nitrogens with one attached hydrogen (secondary N) is 1. The number of carbonyl (C=O) groups is 1. The molecule has 0 fully saturated rings. The van der Waals surface area contributed by atoms with E-state index in [9.17, 15) is 4.79 Å². The molecule has 0 aliphatic carbocycles. The van der Waals surface area contributed by atoms with Crippen molar-refractivity contribution in [3.8, 4) is 5.75 Å². The van der Waals surface area contributed by atoms with Crippen molar-refractivity contribution in [2.75, 3.05) is 7.11 Å². The number of carbonyl (C=O) groups excluding carboxylic acids is 1. The van der Waals surface area contributed by atoms with E-state index in [1.807, 2.05) is 13.0 Å². The first-order valence-electron chi connectivity index (χ1n) is 5.49. The fourth-order valence-corrected chi connectivity index (χ4v) is 3.04. The molecule has 0 saturated carbocycles. The molecule has 0 aliphatic heterocycles. The first-order chi connectivity index (χ1) is 9.10. The number of aryl methyl sites for hydroxylation is 1. The molecule has 19 heavy (non-hydrogen) atoms. The zero-order chi connectivity index (χ0) is 13.8. The second-order valence-electron chi connectivity index (χ2n) is 3.79. The van der Waals surface area contributed by atoms with Crippen molar-refractivity contribution in [3.05, 3.63) is 38.5 Å². The Morgan fingerprint density at radius 2 is 2.32 bits per heavy atom. The number of thiazole rings is 1. The topological polar surface area (TPSA) is 64.1 Å². The molecule has 0 aliphatic rings. The number of pyridine rings is 1. The summed E-state index contributed by atoms with van der Waals surface area (Å²) in [6.07, 6.45) is 3.31. The van der Waals surface area contributed by atoms with Crippen molar-refractivity contribution in [2.45, 2.75) is 13.5 Å². The van der Waals surface area contributed by atoms with E-state index in [0.717, 1.165) is 10.4 Å². The molecule has 2 heterocycles. The maximum atomic E-state index is 12.0. The third-order valence-electron chi connectivity index (χ3n) is 2.44. The van der Waals surface area contributed by atoms with Gasteiger partial charge in [-0.2, -0.15) is 0 Å². The number of nitrogens with zero attached hydrogens (tertiary/aromatic N) is 2. The van der Waals surface area contributed by atoms with Crippen LogP contribution in [0.1, 0.15) is 20.9 Å². The number of hydrogen-bond acceptors (Lipinski definition) is 5. The molecule has 0 saturated heterocycles. The lowest BCUT2D eigenvalue weighted by atomic mass is 10.2. The van der Waals surface area contributed by atoms with Crippen molar-refractivity contribution in [3.63, 3.8) is 0 Å². The summed E-state index contributed by atoms with van der Waals surface area (Å²) in [5.41, 5.74) is 1.33. The lowest BCUT2D eigenvalue weighted by Gasteiger charge is -2.05. The monoisotopic (exact) mass is 341 g/mol. The van der Waals surface area contributed by atoms with E-state index in [2.05, 4.69) is 31.2 Å². The molecule has 2 aromatic rings. The number of rotatable bonds is 4. The third kappa shape index (κ3) is 3.51. The molecule has 0 unspecified atom stereocenters. The van der Waals surface area contributed by atoms with Crippen LogP contribution >= 0.6 is 27.3 Å². The fraction of sp³-hybridized carbons (Fsp3) is 0.250. The predicted molar refractivity (Wildman–Crippen MR) is 76.5 cm³/mol. The van der Waals surface area contributed by atoms with Gasteiger partial charge in [0.1, 0.15) is 11.4 Å². The highest BCUT2D eigenvalue weighted by Crippen LogP contribution is 2.22. The molecule has 0 atom stereocenters. The number of amides is 1. The van der Waals surface area contributed by atoms with Gasteiger partial charge < -0.3 is 10.1 Å². The molecule has 0 radical (unpaired) electrons. The maximum Gasteiger partial charge on any atom is 0.271 e. The number of aromatic nitrogens is 2. The summed E-state index contributed by atoms with van der Waals surface area (Å²) in [7, 11) is 1.58. The molecular weight excluding hydrogens is 330 g/mol. The standard InChI is InChI=1S/C12H12BrN3O2S/c1-7-10(16-12(13)19-7)11(17)15-5-8-3-9(18-2)6-14-4-8/h3-4,6H,5H2,1-2H3,(H,15,17). The van der Waals surface area contributed by atoms with Crippen LogP contribution in [0.4, 0.5) is 0 Å². The van der Waals surface area contributed by atoms with Crippen molar-refractivity contribution >= 4 is 33.2 Å². The first kappa shape index (κ1) is 14.0. The zero-order valence-corrected chi connectivity index (χ0v) is 12.8. The molecule has 0 spiro atoms. The maximum absolute atomic E-state index is 12.0. The average molecular weight is 342 g/mol. The third-order valence-corrected chi connectivity index (χ3v) is 3.87. The molecule has 1 N–H and O–H groups in total. The number of halogens is 1. The predicted octanol–water partition coefficient (Wildman–Crippen LogP) is 2.55. The van der Waals surface area contributed by atoms with E-state index in [-0.39, 0.29) is 5.91 Å². The van der Waals surface area contributed by atoms with E-state index < -0.39 is 0 Å². The molecule has 0 aromatic carbocycles. The van der Waals surface area contributed by atoms with E-state index in [1.165, 1.54) is 11.3 Å². The minimum atomic E-state index is -0.192. The lowest BCUT2D eigenvalue weighted by Crippen LogP contribution is -2.23. The van der Waals surface area contributed by atoms with Gasteiger partial charge in [0.25, 0.3) is 5.91 Å². The quantitative estimate of drug-likeness (QED) is 0.928. The molecule has 2 rings (SSSR count). The van der Waals surface area contributed by atoms with Crippen LogP contribution in [-0.2, 0) is 6.54 Å². The molecule has 100 valence electrons. The summed E-state index contributed by atoms with van der Waals surface area (Å²) in [4.78, 5) is 21.0. The van der Waals surface area contributed by atoms with Gasteiger partial charge in [-0.25, -0.2) is 4.98 Å². The Labute approximate surface area is 123 Å². The Balaban J connectivity index is 2.02. The molecule has 5 nitrogen and oxygen atoms in total. The highest BCUT2D eigenvalue weighted by molar-refractivity contribution is 9.11. The second-order valence-corrected chi connectivity index (χ2v) is 6.27. The van der Waals surface area contributed by atoms with Crippen molar-refractivity contribution < 1.29 is 9.53 Å². The van der Waals surface area contributed by atoms with Crippen molar-refractivity contribution in [1.29, 1.82) is 0 Å². The van der Waals surface area contributed by atoms with Crippen LogP contribution in [0.5, 0.6) is 5.75 Å². The summed E-state index contributed by atoms with van der Waals surface area (Å²) in [6, 6.07) is 1.83. The van der Waals surface area contributed by atoms with Gasteiger partial charge in [0.05, 0.1) is 13.3 Å². The summed E-state index contributed by atoms with van der Waals surface area (Å²) in [6.45, 7) is 2.25. The van der Waals surface area contributed by atoms with Gasteiger partial charge >= 0.3 is 0 Å². The van der Waals surface area contributed by atoms with E-state index in [4.69, 9.17) is 4.74 Å². The zero-order valence-electron chi connectivity index (χ0n) is 10.4. The van der Waals surface area contributed by atoms with Crippen LogP contribution in [0.3, 0.4) is 0 Å². The first-order valence-corrected chi connectivity index (χ1v) is 7.10. The van der Waals surface area contributed by atoms with Gasteiger partial charge in [0.15, 0.2) is 3.92 Å². The van der Waals surface area contributed by atoms with Crippen LogP contribution in [0.2, 0.25) is 0 Å². The van der Waals surface area contributed by atoms with Crippen LogP contribution in [0.15, 0.2) is 22.4 Å². The number of hydrogen-bond donors (Lipinski definition) is 1. The highest BCUT2D eigenvalue weighted by atomic mass is 79.9. The molecule has 2 aromatic heterocycles.